The van der Waals surface area contributed by atoms with Crippen molar-refractivity contribution in [3.63, 3.8) is 0 Å². The van der Waals surface area contributed by atoms with E-state index in [1.807, 2.05) is 0 Å². The smallest absolute Gasteiger partial charge is 0.0907 e. The van der Waals surface area contributed by atoms with E-state index in [0.717, 1.165) is 0 Å². The van der Waals surface area contributed by atoms with Crippen molar-refractivity contribution in [3.8, 4) is 0 Å². The molecule has 0 amide bonds. The number of hydrogen-bond donors (Lipinski definition) is 1. The minimum atomic E-state index is -0.292. The van der Waals surface area contributed by atoms with Gasteiger partial charge in [-0.1, -0.05) is 0 Å². The summed E-state index contributed by atoms with van der Waals surface area (Å²) in [4.78, 5) is 2.30. The van der Waals surface area contributed by atoms with Gasteiger partial charge >= 0.3 is 0 Å². The van der Waals surface area contributed by atoms with E-state index in [1.54, 1.807) is 0 Å². The van der Waals surface area contributed by atoms with Crippen LogP contribution in [0.5, 0.6) is 0 Å². The Bertz CT molecular complexity index is 22.8. The van der Waals surface area contributed by atoms with Gasteiger partial charge in [0.15, 0.2) is 0 Å². The fraction of sp³-hybridized carbons (Fsp3) is 1.00. The van der Waals surface area contributed by atoms with Crippen molar-refractivity contribution in [2.24, 2.45) is 0 Å². The summed E-state index contributed by atoms with van der Waals surface area (Å²) >= 11 is 4.96. The summed E-state index contributed by atoms with van der Waals surface area (Å²) < 4.78 is 11.1. The molecule has 0 aliphatic heterocycles. The monoisotopic (exact) mass is 111 g/mol. The molecule has 1 nitrogen and oxygen atoms in total. The second-order valence-corrected chi connectivity index (χ2v) is 1.19. The quantitative estimate of drug-likeness (QED) is 0.425. The molecule has 0 saturated heterocycles. The molecule has 0 aromatic heterocycles. The average molecular weight is 112 g/mol. The lowest BCUT2D eigenvalue weighted by Crippen LogP contribution is -2.00. The Hall–Kier alpha value is 0.180. The van der Waals surface area contributed by atoms with Crippen molar-refractivity contribution in [1.29, 1.82) is 0 Å². The van der Waals surface area contributed by atoms with E-state index in [9.17, 15) is 4.39 Å². The molecule has 0 bridgehead atoms. The average Bonchev–Trinajstić information content (AvgIpc) is 1.61. The lowest BCUT2D eigenvalue weighted by molar-refractivity contribution is 0.473. The van der Waals surface area contributed by atoms with Crippen molar-refractivity contribution < 1.29 is 4.39 Å². The van der Waals surface area contributed by atoms with E-state index in [-0.39, 0.29) is 6.67 Å². The molecule has 0 unspecified atom stereocenters. The minimum absolute atomic E-state index is 0.292. The summed E-state index contributed by atoms with van der Waals surface area (Å²) in [6.45, 7) is 0.262. The zero-order chi connectivity index (χ0) is 4.83. The number of alkyl halides is 1. The maximum atomic E-state index is 11.1. The summed E-state index contributed by atoms with van der Waals surface area (Å²) in [7, 11) is 0. The molecule has 6 heavy (non-hydrogen) atoms. The number of hydrogen-bond acceptors (Lipinski definition) is 1. The summed E-state index contributed by atoms with van der Waals surface area (Å²) in [6.07, 6.45) is 0.503. The first-order valence-corrected chi connectivity index (χ1v) is 2.19. The van der Waals surface area contributed by atoms with Crippen molar-refractivity contribution in [2.75, 3.05) is 13.2 Å². The van der Waals surface area contributed by atoms with Crippen LogP contribution in [-0.2, 0) is 0 Å². The van der Waals surface area contributed by atoms with Gasteiger partial charge in [0.05, 0.1) is 6.67 Å². The molecule has 0 radical (unpaired) electrons. The third-order valence-corrected chi connectivity index (χ3v) is 0.594. The second kappa shape index (κ2) is 5.18. The van der Waals surface area contributed by atoms with Gasteiger partial charge in [0.2, 0.25) is 0 Å². The summed E-state index contributed by atoms with van der Waals surface area (Å²) in [5.41, 5.74) is 0. The summed E-state index contributed by atoms with van der Waals surface area (Å²) in [6, 6.07) is 0. The van der Waals surface area contributed by atoms with Crippen molar-refractivity contribution in [2.45, 2.75) is 6.42 Å². The Kier molecular flexibility index (Phi) is 5.34. The van der Waals surface area contributed by atoms with Gasteiger partial charge in [-0.2, -0.15) is 0 Å². The van der Waals surface area contributed by atoms with Crippen LogP contribution in [0.15, 0.2) is 0 Å². The lowest BCUT2D eigenvalue weighted by atomic mass is 10.5. The molecule has 0 aromatic carbocycles. The molecule has 0 heterocycles. The van der Waals surface area contributed by atoms with Gasteiger partial charge in [0, 0.05) is 6.54 Å². The molecule has 38 valence electrons. The van der Waals surface area contributed by atoms with Crippen LogP contribution in [0.3, 0.4) is 0 Å². The second-order valence-electron chi connectivity index (χ2n) is 0.926. The van der Waals surface area contributed by atoms with Gasteiger partial charge in [-0.25, -0.2) is 4.84 Å². The van der Waals surface area contributed by atoms with E-state index in [0.29, 0.717) is 13.0 Å². The highest BCUT2D eigenvalue weighted by Gasteiger charge is 1.77. The first-order chi connectivity index (χ1) is 2.91. The van der Waals surface area contributed by atoms with Crippen molar-refractivity contribution in [1.82, 2.24) is 4.84 Å². The van der Waals surface area contributed by atoms with E-state index in [2.05, 4.69) is 4.84 Å². The standard InChI is InChI=1S/C3H7ClFN/c4-6-3-1-2-5/h6H,1-3H2. The van der Waals surface area contributed by atoms with Crippen LogP contribution in [0.2, 0.25) is 0 Å². The molecular weight excluding hydrogens is 104 g/mol. The SMILES string of the molecule is FCCCNCl. The van der Waals surface area contributed by atoms with Crippen LogP contribution in [0.4, 0.5) is 4.39 Å². The van der Waals surface area contributed by atoms with Crippen LogP contribution in [-0.4, -0.2) is 13.2 Å². The highest BCUT2D eigenvalue weighted by atomic mass is 35.5. The van der Waals surface area contributed by atoms with Crippen molar-refractivity contribution >= 4 is 11.8 Å². The molecular formula is C3H7ClFN. The Morgan fingerprint density at radius 2 is 2.33 bits per heavy atom. The fourth-order valence-corrected chi connectivity index (χ4v) is 0.267. The van der Waals surface area contributed by atoms with Crippen LogP contribution < -0.4 is 4.84 Å². The Balaban J connectivity index is 2.34. The third-order valence-electron chi connectivity index (χ3n) is 0.405. The number of nitrogens with one attached hydrogen (secondary N) is 1. The van der Waals surface area contributed by atoms with E-state index in [4.69, 9.17) is 11.8 Å². The van der Waals surface area contributed by atoms with E-state index < -0.39 is 0 Å². The molecule has 0 fully saturated rings. The highest BCUT2D eigenvalue weighted by Crippen LogP contribution is 1.75. The first kappa shape index (κ1) is 6.18. The summed E-state index contributed by atoms with van der Waals surface area (Å²) in [5, 5.41) is 0. The predicted octanol–water partition coefficient (Wildman–Crippen LogP) is 1.09. The van der Waals surface area contributed by atoms with Crippen molar-refractivity contribution in [3.05, 3.63) is 0 Å². The zero-order valence-electron chi connectivity index (χ0n) is 3.38. The normalized spacial score (nSPS) is 9.00. The van der Waals surface area contributed by atoms with Gasteiger partial charge in [0.25, 0.3) is 0 Å². The third kappa shape index (κ3) is 4.18. The van der Waals surface area contributed by atoms with Crippen LogP contribution in [0, 0.1) is 0 Å². The van der Waals surface area contributed by atoms with E-state index >= 15 is 0 Å². The predicted molar refractivity (Wildman–Crippen MR) is 24.4 cm³/mol. The molecule has 0 aliphatic rings. The number of halogens is 2. The molecule has 0 spiro atoms. The maximum absolute atomic E-state index is 11.1. The minimum Gasteiger partial charge on any atom is -0.251 e. The lowest BCUT2D eigenvalue weighted by Gasteiger charge is -1.85. The zero-order valence-corrected chi connectivity index (χ0v) is 4.13. The molecule has 1 N–H and O–H groups in total. The van der Waals surface area contributed by atoms with Crippen LogP contribution in [0.25, 0.3) is 0 Å². The summed E-state index contributed by atoms with van der Waals surface area (Å²) in [5.74, 6) is 0. The molecule has 0 atom stereocenters. The van der Waals surface area contributed by atoms with Gasteiger partial charge < -0.3 is 0 Å². The Morgan fingerprint density at radius 1 is 1.67 bits per heavy atom. The first-order valence-electron chi connectivity index (χ1n) is 1.81. The van der Waals surface area contributed by atoms with Gasteiger partial charge in [-0.3, -0.25) is 4.39 Å². The molecule has 0 aliphatic carbocycles. The molecule has 3 heteroatoms. The highest BCUT2D eigenvalue weighted by molar-refractivity contribution is 6.13. The van der Waals surface area contributed by atoms with Gasteiger partial charge in [0.1, 0.15) is 0 Å². The maximum Gasteiger partial charge on any atom is 0.0907 e. The van der Waals surface area contributed by atoms with E-state index in [1.165, 1.54) is 0 Å². The largest absolute Gasteiger partial charge is 0.251 e. The van der Waals surface area contributed by atoms with Gasteiger partial charge in [-0.15, -0.1) is 0 Å². The molecule has 0 aromatic rings. The van der Waals surface area contributed by atoms with Crippen LogP contribution >= 0.6 is 11.8 Å². The Labute approximate surface area is 41.6 Å². The fourth-order valence-electron chi connectivity index (χ4n) is 0.134. The molecule has 0 saturated carbocycles. The molecule has 0 rings (SSSR count). The number of rotatable bonds is 3. The topological polar surface area (TPSA) is 12.0 Å². The van der Waals surface area contributed by atoms with Crippen LogP contribution in [0.1, 0.15) is 6.42 Å². The Morgan fingerprint density at radius 3 is 2.50 bits per heavy atom. The van der Waals surface area contributed by atoms with Gasteiger partial charge in [-0.05, 0) is 18.2 Å².